The Labute approximate surface area is 422 Å². The second kappa shape index (κ2) is 20.9. The number of nitrogens with one attached hydrogen (secondary N) is 2. The summed E-state index contributed by atoms with van der Waals surface area (Å²) < 4.78 is 23.2. The monoisotopic (exact) mass is 987 g/mol. The molecule has 0 radical (unpaired) electrons. The summed E-state index contributed by atoms with van der Waals surface area (Å²) in [6, 6.07) is 31.1. The number of nitrogens with zero attached hydrogens (tertiary/aromatic N) is 8. The molecule has 0 spiro atoms. The Morgan fingerprint density at radius 3 is 2.26 bits per heavy atom. The van der Waals surface area contributed by atoms with Gasteiger partial charge >= 0.3 is 12.0 Å². The molecule has 0 atom stereocenters. The highest BCUT2D eigenvalue weighted by atomic mass is 19.1. The summed E-state index contributed by atoms with van der Waals surface area (Å²) >= 11 is 0. The minimum Gasteiger partial charge on any atom is -0.459 e. The molecule has 4 N–H and O–H groups in total. The van der Waals surface area contributed by atoms with Gasteiger partial charge in [0.05, 0.1) is 0 Å². The maximum absolute atomic E-state index is 16.2. The first-order valence-electron chi connectivity index (χ1n) is 24.9. The van der Waals surface area contributed by atoms with Gasteiger partial charge in [0.2, 0.25) is 5.91 Å². The van der Waals surface area contributed by atoms with Crippen molar-refractivity contribution < 1.29 is 33.1 Å². The number of primary amides is 1. The number of hydrogen-bond acceptors (Lipinski definition) is 12. The molecule has 2 aromatic heterocycles. The first kappa shape index (κ1) is 48.5. The van der Waals surface area contributed by atoms with Gasteiger partial charge in [-0.05, 0) is 122 Å². The highest BCUT2D eigenvalue weighted by Gasteiger charge is 2.35. The van der Waals surface area contributed by atoms with Gasteiger partial charge < -0.3 is 30.9 Å². The third-order valence-electron chi connectivity index (χ3n) is 14.4. The molecule has 17 nitrogen and oxygen atoms in total. The molecule has 10 rings (SSSR count). The molecule has 0 unspecified atom stereocenters. The zero-order chi connectivity index (χ0) is 50.8. The van der Waals surface area contributed by atoms with Crippen LogP contribution in [-0.2, 0) is 33.9 Å². The number of carbonyl (C=O) groups is 5. The molecule has 0 saturated carbocycles. The Bertz CT molecular complexity index is 3080. The van der Waals surface area contributed by atoms with Gasteiger partial charge in [-0.25, -0.2) is 18.9 Å². The Hall–Kier alpha value is -8.12. The SMILES string of the molecule is Cc1cccc(NC(=O)c2ccc(-c3nn4c(c3C(N)=O)Nc3ccc(N5CCN(CC6CCN(c7ccc(N8CCC(=O)N(CC(=O)OCc9ccccc9)C8=O)cc7)CC6)CC5)cc3CC4)c(F)c2C)n1. The number of piperazine rings is 1. The second-order valence-electron chi connectivity index (χ2n) is 19.1. The van der Waals surface area contributed by atoms with Crippen LogP contribution in [0.5, 0.6) is 0 Å². The fourth-order valence-electron chi connectivity index (χ4n) is 10.3. The fourth-order valence-corrected chi connectivity index (χ4v) is 10.3. The second-order valence-corrected chi connectivity index (χ2v) is 19.1. The quantitative estimate of drug-likeness (QED) is 0.0981. The van der Waals surface area contributed by atoms with Crippen molar-refractivity contribution in [2.45, 2.75) is 52.7 Å². The predicted molar refractivity (Wildman–Crippen MR) is 277 cm³/mol. The lowest BCUT2D eigenvalue weighted by Crippen LogP contribution is -2.54. The number of aryl methyl sites for hydroxylation is 3. The summed E-state index contributed by atoms with van der Waals surface area (Å²) in [7, 11) is 0. The number of hydrogen-bond donors (Lipinski definition) is 3. The van der Waals surface area contributed by atoms with Gasteiger partial charge in [0.1, 0.15) is 41.9 Å². The van der Waals surface area contributed by atoms with Crippen molar-refractivity contribution in [3.05, 3.63) is 142 Å². The molecule has 4 aliphatic heterocycles. The predicted octanol–water partition coefficient (Wildman–Crippen LogP) is 7.29. The molecule has 6 heterocycles. The Morgan fingerprint density at radius 1 is 0.795 bits per heavy atom. The van der Waals surface area contributed by atoms with E-state index in [1.165, 1.54) is 19.1 Å². The molecule has 0 bridgehead atoms. The van der Waals surface area contributed by atoms with Crippen molar-refractivity contribution >= 4 is 64.1 Å². The van der Waals surface area contributed by atoms with E-state index < -0.39 is 42.1 Å². The van der Waals surface area contributed by atoms with Crippen molar-refractivity contribution in [2.75, 3.05) is 84.2 Å². The normalized spacial score (nSPS) is 16.4. The lowest BCUT2D eigenvalue weighted by molar-refractivity contribution is -0.149. The Morgan fingerprint density at radius 2 is 1.52 bits per heavy atom. The maximum atomic E-state index is 16.2. The molecule has 5 amide bonds. The molecule has 4 aromatic carbocycles. The van der Waals surface area contributed by atoms with Crippen molar-refractivity contribution in [2.24, 2.45) is 11.7 Å². The zero-order valence-electron chi connectivity index (χ0n) is 41.0. The molecule has 376 valence electrons. The Kier molecular flexibility index (Phi) is 13.9. The summed E-state index contributed by atoms with van der Waals surface area (Å²) in [4.78, 5) is 79.1. The van der Waals surface area contributed by atoms with E-state index in [2.05, 4.69) is 42.5 Å². The lowest BCUT2D eigenvalue weighted by Gasteiger charge is -2.40. The summed E-state index contributed by atoms with van der Waals surface area (Å²) in [5.74, 6) is -1.61. The number of pyridine rings is 1. The molecule has 73 heavy (non-hydrogen) atoms. The number of carbonyl (C=O) groups excluding carboxylic acids is 5. The molecule has 6 aromatic rings. The summed E-state index contributed by atoms with van der Waals surface area (Å²) in [5.41, 5.74) is 12.8. The van der Waals surface area contributed by atoms with Crippen LogP contribution in [0.1, 0.15) is 62.4 Å². The summed E-state index contributed by atoms with van der Waals surface area (Å²) in [6.45, 7) is 10.3. The number of rotatable bonds is 13. The number of nitrogens with two attached hydrogens (primary N) is 1. The summed E-state index contributed by atoms with van der Waals surface area (Å²) in [5, 5.41) is 10.9. The average molecular weight is 988 g/mol. The van der Waals surface area contributed by atoms with E-state index in [0.717, 1.165) is 97.4 Å². The third-order valence-corrected chi connectivity index (χ3v) is 14.4. The van der Waals surface area contributed by atoms with Gasteiger partial charge in [-0.3, -0.25) is 33.9 Å². The van der Waals surface area contributed by atoms with E-state index in [4.69, 9.17) is 15.6 Å². The number of amides is 5. The standard InChI is InChI=1S/C55H58FN11O6/c1-35-7-6-10-46(58-35)60-54(71)43-16-17-44(50(56)36(43)2)51-49(52(57)70)53-59-45-18-15-42(31-39(45)21-26-67(53)61-51)64-29-27-62(28-30-64)32-37-19-23-63(24-20-37)40-11-13-41(14-12-40)65-25-22-47(68)66(55(65)72)33-48(69)73-34-38-8-4-3-5-9-38/h3-18,31,37,59H,19-30,32-34H2,1-2H3,(H2,57,70)(H,58,60,71). The van der Waals surface area contributed by atoms with Crippen LogP contribution >= 0.6 is 0 Å². The molecule has 18 heteroatoms. The number of halogens is 1. The van der Waals surface area contributed by atoms with E-state index in [0.29, 0.717) is 36.2 Å². The van der Waals surface area contributed by atoms with Gasteiger partial charge in [0, 0.05) is 105 Å². The van der Waals surface area contributed by atoms with Crippen LogP contribution in [-0.4, -0.2) is 113 Å². The van der Waals surface area contributed by atoms with Crippen LogP contribution in [0.4, 0.5) is 43.6 Å². The van der Waals surface area contributed by atoms with Crippen LogP contribution in [0, 0.1) is 25.6 Å². The van der Waals surface area contributed by atoms with Gasteiger partial charge in [-0.15, -0.1) is 0 Å². The third kappa shape index (κ3) is 10.5. The minimum atomic E-state index is -0.748. The highest BCUT2D eigenvalue weighted by molar-refractivity contribution is 6.08. The highest BCUT2D eigenvalue weighted by Crippen LogP contribution is 2.38. The zero-order valence-corrected chi connectivity index (χ0v) is 41.0. The number of fused-ring (bicyclic) bond motifs is 2. The number of ether oxygens (including phenoxy) is 1. The van der Waals surface area contributed by atoms with Gasteiger partial charge in [0.15, 0.2) is 0 Å². The number of imide groups is 1. The minimum absolute atomic E-state index is 0.0700. The van der Waals surface area contributed by atoms with E-state index >= 15 is 4.39 Å². The lowest BCUT2D eigenvalue weighted by atomic mass is 9.95. The number of anilines is 6. The number of esters is 1. The van der Waals surface area contributed by atoms with Crippen LogP contribution in [0.2, 0.25) is 0 Å². The topological polar surface area (TPSA) is 192 Å². The van der Waals surface area contributed by atoms with Crippen LogP contribution < -0.4 is 31.1 Å². The first-order chi connectivity index (χ1) is 35.4. The molecule has 3 saturated heterocycles. The number of benzene rings is 4. The van der Waals surface area contributed by atoms with E-state index in [1.54, 1.807) is 21.7 Å². The maximum Gasteiger partial charge on any atom is 0.331 e. The van der Waals surface area contributed by atoms with Gasteiger partial charge in [-0.1, -0.05) is 36.4 Å². The van der Waals surface area contributed by atoms with E-state index in [-0.39, 0.29) is 47.5 Å². The van der Waals surface area contributed by atoms with E-state index in [9.17, 15) is 24.0 Å². The molecular formula is C55H58FN11O6. The van der Waals surface area contributed by atoms with Crippen LogP contribution in [0.3, 0.4) is 0 Å². The number of piperidine rings is 1. The van der Waals surface area contributed by atoms with Crippen molar-refractivity contribution in [3.63, 3.8) is 0 Å². The molecule has 0 aliphatic carbocycles. The van der Waals surface area contributed by atoms with Crippen molar-refractivity contribution in [1.82, 2.24) is 24.6 Å². The van der Waals surface area contributed by atoms with Crippen LogP contribution in [0.15, 0.2) is 103 Å². The van der Waals surface area contributed by atoms with E-state index in [1.807, 2.05) is 73.7 Å². The number of urea groups is 1. The summed E-state index contributed by atoms with van der Waals surface area (Å²) in [6.07, 6.45) is 2.89. The molecule has 3 fully saturated rings. The smallest absolute Gasteiger partial charge is 0.331 e. The molecule has 4 aliphatic rings. The van der Waals surface area contributed by atoms with Gasteiger partial charge in [0.25, 0.3) is 11.8 Å². The Balaban J connectivity index is 0.704. The van der Waals surface area contributed by atoms with Crippen molar-refractivity contribution in [3.8, 4) is 11.3 Å². The average Bonchev–Trinajstić information content (AvgIpc) is 3.66. The molecular weight excluding hydrogens is 930 g/mol. The largest absolute Gasteiger partial charge is 0.459 e. The fraction of sp³-hybridized carbons (Fsp3) is 0.327. The first-order valence-corrected chi connectivity index (χ1v) is 24.9. The van der Waals surface area contributed by atoms with Gasteiger partial charge in [-0.2, -0.15) is 5.10 Å². The van der Waals surface area contributed by atoms with Crippen LogP contribution in [0.25, 0.3) is 11.3 Å². The number of aromatic nitrogens is 3. The van der Waals surface area contributed by atoms with Crippen molar-refractivity contribution in [1.29, 1.82) is 0 Å².